The third-order valence-corrected chi connectivity index (χ3v) is 12.8. The summed E-state index contributed by atoms with van der Waals surface area (Å²) < 4.78 is 0. The SMILES string of the molecule is CCCCN(c1nc(Cl)nc(N(CCCC)C2CCN(C)C(C)(C)C2(C)C)n1)C1CCN(C)C(C)(C)C1(C)C.NCCCC(N)CN. The van der Waals surface area contributed by atoms with E-state index >= 15 is 0 Å². The zero-order chi connectivity index (χ0) is 35.8. The number of anilines is 2. The van der Waals surface area contributed by atoms with Gasteiger partial charge in [0.05, 0.1) is 0 Å². The smallest absolute Gasteiger partial charge is 0.231 e. The van der Waals surface area contributed by atoms with Crippen LogP contribution in [-0.2, 0) is 0 Å². The number of halogens is 1. The Morgan fingerprint density at radius 2 is 1.15 bits per heavy atom. The Kier molecular flexibility index (Phi) is 15.7. The molecule has 6 N–H and O–H groups in total. The average Bonchev–Trinajstić information content (AvgIpc) is 3.00. The van der Waals surface area contributed by atoms with Gasteiger partial charge in [0.2, 0.25) is 17.2 Å². The molecule has 0 spiro atoms. The minimum Gasteiger partial charge on any atom is -0.337 e. The molecule has 2 aliphatic heterocycles. The van der Waals surface area contributed by atoms with Crippen LogP contribution in [0.2, 0.25) is 5.28 Å². The van der Waals surface area contributed by atoms with Crippen LogP contribution in [-0.4, -0.2) is 107 Å². The fraction of sp³-hybridized carbons (Fsp3) is 0.917. The molecule has 47 heavy (non-hydrogen) atoms. The van der Waals surface area contributed by atoms with Crippen molar-refractivity contribution < 1.29 is 0 Å². The molecule has 274 valence electrons. The van der Waals surface area contributed by atoms with Crippen LogP contribution in [0.25, 0.3) is 0 Å². The van der Waals surface area contributed by atoms with Crippen LogP contribution < -0.4 is 27.0 Å². The highest BCUT2D eigenvalue weighted by Crippen LogP contribution is 2.47. The number of nitrogens with two attached hydrogens (primary N) is 3. The van der Waals surface area contributed by atoms with E-state index in [2.05, 4.69) is 103 Å². The predicted octanol–water partition coefficient (Wildman–Crippen LogP) is 5.77. The summed E-state index contributed by atoms with van der Waals surface area (Å²) in [6, 6.07) is 0.771. The molecule has 3 atom stereocenters. The predicted molar refractivity (Wildman–Crippen MR) is 202 cm³/mol. The molecule has 3 rings (SSSR count). The van der Waals surface area contributed by atoms with Gasteiger partial charge in [0, 0.05) is 72.8 Å². The highest BCUT2D eigenvalue weighted by Gasteiger charge is 2.52. The second-order valence-electron chi connectivity index (χ2n) is 16.2. The number of nitrogens with zero attached hydrogens (tertiary/aromatic N) is 7. The second kappa shape index (κ2) is 17.6. The minimum absolute atomic E-state index is 0.0227. The zero-order valence-corrected chi connectivity index (χ0v) is 33.1. The minimum atomic E-state index is 0.0227. The van der Waals surface area contributed by atoms with Crippen molar-refractivity contribution in [3.63, 3.8) is 0 Å². The summed E-state index contributed by atoms with van der Waals surface area (Å²) in [6.07, 6.45) is 8.52. The van der Waals surface area contributed by atoms with Crippen molar-refractivity contribution in [1.29, 1.82) is 0 Å². The average molecular weight is 682 g/mol. The fourth-order valence-electron chi connectivity index (χ4n) is 7.33. The molecule has 3 unspecified atom stereocenters. The van der Waals surface area contributed by atoms with Gasteiger partial charge in [0.15, 0.2) is 0 Å². The molecule has 2 aliphatic rings. The van der Waals surface area contributed by atoms with Crippen molar-refractivity contribution in [2.75, 3.05) is 63.2 Å². The Bertz CT molecular complexity index is 1010. The van der Waals surface area contributed by atoms with Gasteiger partial charge in [0.25, 0.3) is 0 Å². The lowest BCUT2D eigenvalue weighted by molar-refractivity contribution is -0.0307. The monoisotopic (exact) mass is 681 g/mol. The van der Waals surface area contributed by atoms with Gasteiger partial charge in [-0.3, -0.25) is 0 Å². The van der Waals surface area contributed by atoms with E-state index in [1.807, 2.05) is 0 Å². The number of aromatic nitrogens is 3. The van der Waals surface area contributed by atoms with Crippen LogP contribution in [0.15, 0.2) is 0 Å². The Labute approximate surface area is 293 Å². The number of likely N-dealkylation sites (tertiary alicyclic amines) is 2. The summed E-state index contributed by atoms with van der Waals surface area (Å²) in [5, 5.41) is 0.299. The summed E-state index contributed by atoms with van der Waals surface area (Å²) in [4.78, 5) is 24.8. The van der Waals surface area contributed by atoms with Crippen molar-refractivity contribution >= 4 is 23.5 Å². The molecule has 0 saturated carbocycles. The summed E-state index contributed by atoms with van der Waals surface area (Å²) >= 11 is 6.75. The van der Waals surface area contributed by atoms with Crippen molar-refractivity contribution in [3.05, 3.63) is 5.28 Å². The number of hydrogen-bond donors (Lipinski definition) is 3. The van der Waals surface area contributed by atoms with Gasteiger partial charge >= 0.3 is 0 Å². The largest absolute Gasteiger partial charge is 0.337 e. The zero-order valence-electron chi connectivity index (χ0n) is 32.4. The second-order valence-corrected chi connectivity index (χ2v) is 16.6. The molecule has 2 fully saturated rings. The van der Waals surface area contributed by atoms with E-state index in [4.69, 9.17) is 43.8 Å². The van der Waals surface area contributed by atoms with Gasteiger partial charge in [-0.15, -0.1) is 0 Å². The summed E-state index contributed by atoms with van der Waals surface area (Å²) in [7, 11) is 4.51. The van der Waals surface area contributed by atoms with Gasteiger partial charge in [-0.25, -0.2) is 0 Å². The van der Waals surface area contributed by atoms with E-state index in [1.54, 1.807) is 0 Å². The van der Waals surface area contributed by atoms with Gasteiger partial charge in [-0.1, -0.05) is 54.4 Å². The molecular formula is C36H73ClN10. The van der Waals surface area contributed by atoms with E-state index in [1.165, 1.54) is 0 Å². The quantitative estimate of drug-likeness (QED) is 0.223. The molecule has 0 amide bonds. The lowest BCUT2D eigenvalue weighted by Gasteiger charge is -2.59. The first-order chi connectivity index (χ1) is 21.8. The normalized spacial score (nSPS) is 24.3. The maximum atomic E-state index is 6.75. The van der Waals surface area contributed by atoms with Crippen LogP contribution in [0.4, 0.5) is 11.9 Å². The van der Waals surface area contributed by atoms with E-state index in [0.717, 1.165) is 89.4 Å². The van der Waals surface area contributed by atoms with Gasteiger partial charge in [0.1, 0.15) is 0 Å². The van der Waals surface area contributed by atoms with Gasteiger partial charge < -0.3 is 36.8 Å². The molecule has 0 aromatic carbocycles. The first-order valence-electron chi connectivity index (χ1n) is 18.4. The molecular weight excluding hydrogens is 608 g/mol. The Hall–Kier alpha value is -1.30. The maximum absolute atomic E-state index is 6.75. The highest BCUT2D eigenvalue weighted by atomic mass is 35.5. The van der Waals surface area contributed by atoms with Gasteiger partial charge in [-0.2, -0.15) is 15.0 Å². The first kappa shape index (κ1) is 41.9. The third kappa shape index (κ3) is 9.48. The molecule has 1 aromatic rings. The summed E-state index contributed by atoms with van der Waals surface area (Å²) in [5.41, 5.74) is 16.1. The van der Waals surface area contributed by atoms with Crippen LogP contribution in [0.1, 0.15) is 121 Å². The topological polar surface area (TPSA) is 130 Å². The van der Waals surface area contributed by atoms with Crippen molar-refractivity contribution in [3.8, 4) is 0 Å². The van der Waals surface area contributed by atoms with Crippen molar-refractivity contribution in [2.45, 2.75) is 150 Å². The lowest BCUT2D eigenvalue weighted by Crippen LogP contribution is -2.66. The van der Waals surface area contributed by atoms with Gasteiger partial charge in [-0.05, 0) is 98.5 Å². The number of unbranched alkanes of at least 4 members (excludes halogenated alkanes) is 2. The third-order valence-electron chi connectivity index (χ3n) is 12.6. The van der Waals surface area contributed by atoms with Crippen LogP contribution in [0.3, 0.4) is 0 Å². The molecule has 2 saturated heterocycles. The van der Waals surface area contributed by atoms with E-state index in [9.17, 15) is 0 Å². The van der Waals surface area contributed by atoms with E-state index in [0.29, 0.717) is 30.5 Å². The molecule has 1 aromatic heterocycles. The summed E-state index contributed by atoms with van der Waals surface area (Å²) in [6.45, 7) is 28.9. The van der Waals surface area contributed by atoms with Crippen LogP contribution in [0, 0.1) is 10.8 Å². The number of hydrogen-bond acceptors (Lipinski definition) is 10. The Morgan fingerprint density at radius 1 is 0.745 bits per heavy atom. The molecule has 0 bridgehead atoms. The Morgan fingerprint density at radius 3 is 1.49 bits per heavy atom. The highest BCUT2D eigenvalue weighted by molar-refractivity contribution is 6.28. The Balaban J connectivity index is 0.000000849. The van der Waals surface area contributed by atoms with Crippen molar-refractivity contribution in [2.24, 2.45) is 28.0 Å². The lowest BCUT2D eigenvalue weighted by atomic mass is 9.64. The molecule has 3 heterocycles. The van der Waals surface area contributed by atoms with Crippen LogP contribution >= 0.6 is 11.6 Å². The standard InChI is InChI=1S/C31H58ClN7.C5H15N3/c1-13-15-19-38(23-17-21-36(11)30(7,8)28(23,3)4)26-33-25(32)34-27(35-26)39(20-16-14-2)24-18-22-37(12)31(9,10)29(24,5)6;6-3-1-2-5(8)4-7/h23-24H,13-22H2,1-12H3;5H,1-4,6-8H2. The molecule has 11 heteroatoms. The van der Waals surface area contributed by atoms with Crippen molar-refractivity contribution in [1.82, 2.24) is 24.8 Å². The summed E-state index contributed by atoms with van der Waals surface area (Å²) in [5.74, 6) is 1.48. The fourth-order valence-corrected chi connectivity index (χ4v) is 7.49. The molecule has 0 aliphatic carbocycles. The molecule has 10 nitrogen and oxygen atoms in total. The first-order valence-corrected chi connectivity index (χ1v) is 18.8. The van der Waals surface area contributed by atoms with Crippen LogP contribution in [0.5, 0.6) is 0 Å². The maximum Gasteiger partial charge on any atom is 0.231 e. The van der Waals surface area contributed by atoms with E-state index < -0.39 is 0 Å². The number of piperidine rings is 2. The molecule has 0 radical (unpaired) electrons. The van der Waals surface area contributed by atoms with E-state index in [-0.39, 0.29) is 27.9 Å². The number of rotatable bonds is 14.